The minimum Gasteiger partial charge on any atom is -0.756 e. The molecule has 2 unspecified atom stereocenters. The van der Waals surface area contributed by atoms with Gasteiger partial charge >= 0.3 is 11.9 Å². The fraction of sp³-hybridized carbons (Fsp3) is 0.618. The van der Waals surface area contributed by atoms with Crippen LogP contribution in [0.15, 0.2) is 146 Å². The molecule has 0 fully saturated rings. The van der Waals surface area contributed by atoms with E-state index in [4.69, 9.17) is 18.5 Å². The van der Waals surface area contributed by atoms with Gasteiger partial charge in [0.15, 0.2) is 6.10 Å². The average molecular weight is 1100 g/mol. The molecule has 0 aliphatic carbocycles. The second-order valence-corrected chi connectivity index (χ2v) is 22.4. The zero-order valence-electron chi connectivity index (χ0n) is 50.1. The molecule has 0 aromatic heterocycles. The van der Waals surface area contributed by atoms with Crippen molar-refractivity contribution < 1.29 is 42.1 Å². The molecule has 0 aliphatic rings. The highest BCUT2D eigenvalue weighted by Crippen LogP contribution is 2.38. The summed E-state index contributed by atoms with van der Waals surface area (Å²) >= 11 is 0. The molecule has 10 heteroatoms. The maximum absolute atomic E-state index is 12.8. The number of carbonyl (C=O) groups is 2. The number of hydrogen-bond donors (Lipinski definition) is 0. The maximum atomic E-state index is 12.8. The van der Waals surface area contributed by atoms with Gasteiger partial charge in [-0.1, -0.05) is 250 Å². The number of unbranched alkanes of at least 4 members (excludes halogenated alkanes) is 16. The number of phosphoric acid groups is 1. The van der Waals surface area contributed by atoms with E-state index in [1.165, 1.54) is 83.5 Å². The van der Waals surface area contributed by atoms with Gasteiger partial charge in [0.05, 0.1) is 27.7 Å². The molecule has 0 saturated heterocycles. The standard InChI is InChI=1S/C68H112NO8P/c1-6-8-10-12-14-16-18-20-21-22-23-24-25-26-27-28-29-30-31-32-33-34-35-36-37-38-39-40-41-42-43-44-45-46-47-49-51-53-55-57-59-61-68(71)77-66(65-76-78(72,73)75-63-62-69(3,4)5)64-74-67(70)60-58-56-54-52-50-48-19-17-15-13-11-9-7-2/h8-11,14-17,20-21,23-24,26-27,29-30,32-33,35-36,48,50,54,56,66H,6-7,12-13,18-19,22,25,28,31,34,37-47,49,51-53,55,57-65H2,1-5H3/b10-8-,11-9-,16-14-,17-15-,21-20-,24-23-,27-26-,30-29-,33-32-,36-35-,50-48-,56-54-. The Labute approximate surface area is 478 Å². The van der Waals surface area contributed by atoms with Gasteiger partial charge in [-0.05, 0) is 103 Å². The minimum absolute atomic E-state index is 0.0470. The summed E-state index contributed by atoms with van der Waals surface area (Å²) in [5.74, 6) is -0.935. The second kappa shape index (κ2) is 57.6. The third kappa shape index (κ3) is 61.1. The van der Waals surface area contributed by atoms with E-state index in [1.54, 1.807) is 0 Å². The van der Waals surface area contributed by atoms with Crippen LogP contribution in [0.25, 0.3) is 0 Å². The zero-order valence-corrected chi connectivity index (χ0v) is 50.9. The molecule has 0 bridgehead atoms. The number of esters is 2. The van der Waals surface area contributed by atoms with Gasteiger partial charge in [0.1, 0.15) is 19.8 Å². The number of nitrogens with zero attached hydrogens (tertiary/aromatic N) is 1. The molecule has 2 atom stereocenters. The minimum atomic E-state index is -4.66. The average Bonchev–Trinajstić information content (AvgIpc) is 3.40. The van der Waals surface area contributed by atoms with E-state index in [-0.39, 0.29) is 26.1 Å². The molecule has 0 spiro atoms. The monoisotopic (exact) mass is 1100 g/mol. The van der Waals surface area contributed by atoms with E-state index in [9.17, 15) is 19.0 Å². The number of hydrogen-bond acceptors (Lipinski definition) is 8. The van der Waals surface area contributed by atoms with Crippen LogP contribution in [0.3, 0.4) is 0 Å². The lowest BCUT2D eigenvalue weighted by Gasteiger charge is -2.28. The summed E-state index contributed by atoms with van der Waals surface area (Å²) in [5.41, 5.74) is 0. The fourth-order valence-electron chi connectivity index (χ4n) is 7.74. The molecule has 0 N–H and O–H groups in total. The second-order valence-electron chi connectivity index (χ2n) is 20.9. The van der Waals surface area contributed by atoms with Crippen LogP contribution in [-0.4, -0.2) is 70.0 Å². The van der Waals surface area contributed by atoms with Crippen molar-refractivity contribution in [3.8, 4) is 0 Å². The normalized spacial score (nSPS) is 14.3. The number of ether oxygens (including phenoxy) is 2. The summed E-state index contributed by atoms with van der Waals surface area (Å²) in [6.07, 6.45) is 85.2. The number of rotatable bonds is 54. The Hall–Kier alpha value is -4.11. The van der Waals surface area contributed by atoms with Gasteiger partial charge in [-0.25, -0.2) is 0 Å². The first kappa shape index (κ1) is 73.9. The molecule has 0 aromatic carbocycles. The first-order chi connectivity index (χ1) is 38.0. The molecule has 78 heavy (non-hydrogen) atoms. The van der Waals surface area contributed by atoms with Crippen molar-refractivity contribution in [2.24, 2.45) is 0 Å². The molecular weight excluding hydrogens is 990 g/mol. The van der Waals surface area contributed by atoms with E-state index in [0.717, 1.165) is 96.3 Å². The zero-order chi connectivity index (χ0) is 57.0. The smallest absolute Gasteiger partial charge is 0.306 e. The van der Waals surface area contributed by atoms with Crippen LogP contribution >= 0.6 is 7.82 Å². The summed E-state index contributed by atoms with van der Waals surface area (Å²) in [6, 6.07) is 0. The van der Waals surface area contributed by atoms with Crippen LogP contribution < -0.4 is 4.89 Å². The van der Waals surface area contributed by atoms with Crippen molar-refractivity contribution in [1.82, 2.24) is 0 Å². The lowest BCUT2D eigenvalue weighted by atomic mass is 10.0. The molecule has 0 radical (unpaired) electrons. The molecule has 0 heterocycles. The van der Waals surface area contributed by atoms with E-state index < -0.39 is 32.5 Å². The Kier molecular flexibility index (Phi) is 54.5. The van der Waals surface area contributed by atoms with Crippen LogP contribution in [0.4, 0.5) is 0 Å². The fourth-order valence-corrected chi connectivity index (χ4v) is 8.47. The molecule has 0 aromatic rings. The van der Waals surface area contributed by atoms with Crippen molar-refractivity contribution in [3.63, 3.8) is 0 Å². The molecule has 0 rings (SSSR count). The van der Waals surface area contributed by atoms with Crippen LogP contribution in [0, 0.1) is 0 Å². The van der Waals surface area contributed by atoms with Crippen molar-refractivity contribution in [3.05, 3.63) is 146 Å². The quantitative estimate of drug-likeness (QED) is 0.0195. The van der Waals surface area contributed by atoms with Gasteiger partial charge < -0.3 is 27.9 Å². The van der Waals surface area contributed by atoms with Gasteiger partial charge in [-0.2, -0.15) is 0 Å². The predicted octanol–water partition coefficient (Wildman–Crippen LogP) is 18.8. The van der Waals surface area contributed by atoms with Gasteiger partial charge in [0, 0.05) is 12.8 Å². The summed E-state index contributed by atoms with van der Waals surface area (Å²) in [4.78, 5) is 37.7. The van der Waals surface area contributed by atoms with Gasteiger partial charge in [0.25, 0.3) is 7.82 Å². The molecule has 0 amide bonds. The summed E-state index contributed by atoms with van der Waals surface area (Å²) < 4.78 is 34.0. The summed E-state index contributed by atoms with van der Waals surface area (Å²) in [6.45, 7) is 3.90. The Bertz CT molecular complexity index is 1820. The third-order valence-corrected chi connectivity index (χ3v) is 13.3. The topological polar surface area (TPSA) is 111 Å². The number of quaternary nitrogens is 1. The number of phosphoric ester groups is 1. The van der Waals surface area contributed by atoms with Crippen LogP contribution in [0.1, 0.15) is 219 Å². The summed E-state index contributed by atoms with van der Waals surface area (Å²) in [7, 11) is 1.12. The van der Waals surface area contributed by atoms with Crippen LogP contribution in [0.2, 0.25) is 0 Å². The molecular formula is C68H112NO8P. The lowest BCUT2D eigenvalue weighted by molar-refractivity contribution is -0.870. The molecule has 9 nitrogen and oxygen atoms in total. The maximum Gasteiger partial charge on any atom is 0.306 e. The lowest BCUT2D eigenvalue weighted by Crippen LogP contribution is -2.37. The first-order valence-corrected chi connectivity index (χ1v) is 32.0. The highest BCUT2D eigenvalue weighted by atomic mass is 31.2. The van der Waals surface area contributed by atoms with Crippen molar-refractivity contribution in [2.75, 3.05) is 47.5 Å². The van der Waals surface area contributed by atoms with Crippen molar-refractivity contribution >= 4 is 19.8 Å². The third-order valence-electron chi connectivity index (χ3n) is 12.4. The number of carbonyl (C=O) groups excluding carboxylic acids is 2. The predicted molar refractivity (Wildman–Crippen MR) is 332 cm³/mol. The molecule has 442 valence electrons. The summed E-state index contributed by atoms with van der Waals surface area (Å²) in [5, 5.41) is 0. The molecule has 0 aliphatic heterocycles. The Balaban J connectivity index is 4.02. The van der Waals surface area contributed by atoms with E-state index in [2.05, 4.69) is 148 Å². The Morgan fingerprint density at radius 3 is 1.08 bits per heavy atom. The van der Waals surface area contributed by atoms with Crippen molar-refractivity contribution in [1.29, 1.82) is 0 Å². The van der Waals surface area contributed by atoms with Gasteiger partial charge in [0.2, 0.25) is 0 Å². The van der Waals surface area contributed by atoms with Gasteiger partial charge in [-0.15, -0.1) is 0 Å². The highest BCUT2D eigenvalue weighted by molar-refractivity contribution is 7.45. The van der Waals surface area contributed by atoms with E-state index in [0.29, 0.717) is 23.9 Å². The van der Waals surface area contributed by atoms with Gasteiger partial charge in [-0.3, -0.25) is 14.2 Å². The highest BCUT2D eigenvalue weighted by Gasteiger charge is 2.21. The Morgan fingerprint density at radius 1 is 0.397 bits per heavy atom. The first-order valence-electron chi connectivity index (χ1n) is 30.5. The number of allylic oxidation sites excluding steroid dienone is 24. The number of likely N-dealkylation sites (N-methyl/N-ethyl adjacent to an activating group) is 1. The molecule has 0 saturated carbocycles. The van der Waals surface area contributed by atoms with E-state index in [1.807, 2.05) is 33.3 Å². The van der Waals surface area contributed by atoms with Crippen LogP contribution in [0.5, 0.6) is 0 Å². The van der Waals surface area contributed by atoms with Crippen molar-refractivity contribution in [2.45, 2.75) is 225 Å². The Morgan fingerprint density at radius 2 is 0.718 bits per heavy atom. The van der Waals surface area contributed by atoms with E-state index >= 15 is 0 Å². The van der Waals surface area contributed by atoms with Crippen LogP contribution in [-0.2, 0) is 32.7 Å². The SMILES string of the molecule is CC/C=C\C/C=C\C/C=C\C/C=C\C/C=C\C/C=C\C/C=C\C/C=C\CCCCCCCCCCCCCCCCCCC(=O)OC(COC(=O)CC/C=C\C/C=C\C/C=C\C/C=C\CC)COP(=O)([O-])OCC[N+](C)(C)C. The largest absolute Gasteiger partial charge is 0.756 e.